The number of nitrogens with zero attached hydrogens (tertiary/aromatic N) is 1. The Morgan fingerprint density at radius 1 is 0.854 bits per heavy atom. The van der Waals surface area contributed by atoms with Crippen LogP contribution in [0.4, 0.5) is 5.69 Å². The van der Waals surface area contributed by atoms with E-state index >= 15 is 0 Å². The van der Waals surface area contributed by atoms with Gasteiger partial charge < -0.3 is 15.0 Å². The summed E-state index contributed by atoms with van der Waals surface area (Å²) in [5, 5.41) is 4.00. The van der Waals surface area contributed by atoms with Crippen LogP contribution in [0.3, 0.4) is 0 Å². The molecule has 2 aliphatic rings. The summed E-state index contributed by atoms with van der Waals surface area (Å²) in [6.45, 7) is 1.55. The number of hydrogen-bond acceptors (Lipinski definition) is 5. The Bertz CT molecular complexity index is 1370. The molecule has 0 amide bonds. The van der Waals surface area contributed by atoms with Gasteiger partial charge in [-0.1, -0.05) is 36.4 Å². The number of hydrogen-bond donors (Lipinski definition) is 2. The van der Waals surface area contributed by atoms with Crippen LogP contribution in [0.2, 0.25) is 0 Å². The molecule has 0 aliphatic heterocycles. The number of rotatable bonds is 11. The molecular formula is C34H45N3O3S. The Morgan fingerprint density at radius 2 is 1.54 bits per heavy atom. The highest BCUT2D eigenvalue weighted by atomic mass is 32.2. The molecule has 1 saturated carbocycles. The van der Waals surface area contributed by atoms with Crippen molar-refractivity contribution in [3.8, 4) is 5.75 Å². The second-order valence-corrected chi connectivity index (χ2v) is 13.8. The van der Waals surface area contributed by atoms with Crippen LogP contribution in [-0.4, -0.2) is 48.8 Å². The Kier molecular flexibility index (Phi) is 9.68. The molecule has 2 atom stereocenters. The number of aryl methyl sites for hydroxylation is 1. The maximum atomic E-state index is 12.6. The molecule has 0 bridgehead atoms. The molecule has 3 aromatic carbocycles. The fourth-order valence-corrected chi connectivity index (χ4v) is 7.70. The van der Waals surface area contributed by atoms with Gasteiger partial charge in [0.15, 0.2) is 0 Å². The molecule has 0 saturated heterocycles. The molecule has 41 heavy (non-hydrogen) atoms. The molecule has 0 heterocycles. The SMILES string of the molecule is COc1ccc2c(c1)CCC(NCC1CCC(CNS(=O)(=O)c3ccccc3)CC1)C2Cc1ccc(N(C)C)cc1. The van der Waals surface area contributed by atoms with E-state index in [2.05, 4.69) is 71.5 Å². The van der Waals surface area contributed by atoms with Crippen molar-refractivity contribution in [2.45, 2.75) is 61.8 Å². The van der Waals surface area contributed by atoms with Crippen molar-refractivity contribution in [2.75, 3.05) is 39.2 Å². The number of ether oxygens (including phenoxy) is 1. The van der Waals surface area contributed by atoms with Gasteiger partial charge in [-0.2, -0.15) is 0 Å². The van der Waals surface area contributed by atoms with E-state index in [-0.39, 0.29) is 0 Å². The zero-order chi connectivity index (χ0) is 28.8. The first kappa shape index (κ1) is 29.6. The molecule has 2 unspecified atom stereocenters. The second-order valence-electron chi connectivity index (χ2n) is 12.0. The predicted octanol–water partition coefficient (Wildman–Crippen LogP) is 5.78. The van der Waals surface area contributed by atoms with Gasteiger partial charge in [0, 0.05) is 38.3 Å². The van der Waals surface area contributed by atoms with Gasteiger partial charge in [-0.3, -0.25) is 0 Å². The van der Waals surface area contributed by atoms with E-state index < -0.39 is 10.0 Å². The molecule has 7 heteroatoms. The predicted molar refractivity (Wildman–Crippen MR) is 167 cm³/mol. The first-order valence-electron chi connectivity index (χ1n) is 15.0. The summed E-state index contributed by atoms with van der Waals surface area (Å²) in [5.41, 5.74) is 5.45. The van der Waals surface area contributed by atoms with Crippen LogP contribution in [0.25, 0.3) is 0 Å². The van der Waals surface area contributed by atoms with Gasteiger partial charge in [0.1, 0.15) is 5.75 Å². The van der Waals surface area contributed by atoms with Crippen molar-refractivity contribution < 1.29 is 13.2 Å². The van der Waals surface area contributed by atoms with Crippen LogP contribution in [0.15, 0.2) is 77.7 Å². The smallest absolute Gasteiger partial charge is 0.240 e. The fourth-order valence-electron chi connectivity index (χ4n) is 6.57. The minimum atomic E-state index is -3.44. The summed E-state index contributed by atoms with van der Waals surface area (Å²) < 4.78 is 33.6. The van der Waals surface area contributed by atoms with E-state index in [1.165, 1.54) is 22.4 Å². The average molecular weight is 576 g/mol. The lowest BCUT2D eigenvalue weighted by Gasteiger charge is -2.37. The van der Waals surface area contributed by atoms with Crippen molar-refractivity contribution in [3.63, 3.8) is 0 Å². The molecule has 3 aromatic rings. The third-order valence-corrected chi connectivity index (χ3v) is 10.6. The average Bonchev–Trinajstić information content (AvgIpc) is 3.00. The van der Waals surface area contributed by atoms with Crippen LogP contribution in [0, 0.1) is 11.8 Å². The minimum absolute atomic E-state index is 0.341. The number of methoxy groups -OCH3 is 1. The van der Waals surface area contributed by atoms with Crippen molar-refractivity contribution in [2.24, 2.45) is 11.8 Å². The first-order valence-corrected chi connectivity index (χ1v) is 16.5. The van der Waals surface area contributed by atoms with E-state index in [4.69, 9.17) is 4.74 Å². The standard InChI is InChI=1S/C34H45N3O3S/c1-37(2)29-16-13-25(14-17-29)21-33-32-19-18-30(40-3)22-28(32)15-20-34(33)35-23-26-9-11-27(12-10-26)24-36-41(38,39)31-7-5-4-6-8-31/h4-8,13-14,16-19,22,26-27,33-36H,9-12,15,20-21,23-24H2,1-3H3. The molecule has 0 spiro atoms. The number of sulfonamides is 1. The van der Waals surface area contributed by atoms with E-state index in [0.29, 0.717) is 35.2 Å². The Hall–Kier alpha value is -2.87. The molecule has 5 rings (SSSR count). The van der Waals surface area contributed by atoms with E-state index in [9.17, 15) is 8.42 Å². The minimum Gasteiger partial charge on any atom is -0.497 e. The van der Waals surface area contributed by atoms with Crippen molar-refractivity contribution in [1.29, 1.82) is 0 Å². The summed E-state index contributed by atoms with van der Waals surface area (Å²) in [4.78, 5) is 2.48. The van der Waals surface area contributed by atoms with Crippen LogP contribution < -0.4 is 19.7 Å². The van der Waals surface area contributed by atoms with Crippen LogP contribution in [0.5, 0.6) is 5.75 Å². The molecule has 0 aromatic heterocycles. The Balaban J connectivity index is 1.18. The molecule has 1 fully saturated rings. The Labute approximate surface area is 246 Å². The summed E-state index contributed by atoms with van der Waals surface area (Å²) in [6.07, 6.45) is 7.62. The van der Waals surface area contributed by atoms with Crippen molar-refractivity contribution >= 4 is 15.7 Å². The van der Waals surface area contributed by atoms with Gasteiger partial charge in [0.25, 0.3) is 0 Å². The molecule has 6 nitrogen and oxygen atoms in total. The van der Waals surface area contributed by atoms with Gasteiger partial charge in [-0.25, -0.2) is 13.1 Å². The summed E-state index contributed by atoms with van der Waals surface area (Å²) in [6, 6.07) is 24.7. The monoisotopic (exact) mass is 575 g/mol. The molecule has 2 aliphatic carbocycles. The molecule has 2 N–H and O–H groups in total. The van der Waals surface area contributed by atoms with E-state index in [1.54, 1.807) is 31.4 Å². The first-order chi connectivity index (χ1) is 19.8. The quantitative estimate of drug-likeness (QED) is 0.304. The molecule has 220 valence electrons. The summed E-state index contributed by atoms with van der Waals surface area (Å²) in [5.74, 6) is 2.39. The topological polar surface area (TPSA) is 70.7 Å². The molecular weight excluding hydrogens is 530 g/mol. The highest BCUT2D eigenvalue weighted by Crippen LogP contribution is 2.37. The van der Waals surface area contributed by atoms with Crippen LogP contribution >= 0.6 is 0 Å². The maximum absolute atomic E-state index is 12.6. The van der Waals surface area contributed by atoms with Crippen LogP contribution in [-0.2, 0) is 22.9 Å². The Morgan fingerprint density at radius 3 is 2.20 bits per heavy atom. The number of anilines is 1. The lowest BCUT2D eigenvalue weighted by molar-refractivity contribution is 0.252. The third-order valence-electron chi connectivity index (χ3n) is 9.12. The van der Waals surface area contributed by atoms with Crippen LogP contribution in [0.1, 0.15) is 54.7 Å². The van der Waals surface area contributed by atoms with Gasteiger partial charge in [0.05, 0.1) is 12.0 Å². The molecule has 0 radical (unpaired) electrons. The lowest BCUT2D eigenvalue weighted by atomic mass is 9.75. The van der Waals surface area contributed by atoms with Gasteiger partial charge in [-0.05, 0) is 116 Å². The zero-order valence-electron chi connectivity index (χ0n) is 24.7. The number of nitrogens with one attached hydrogen (secondary N) is 2. The number of benzene rings is 3. The van der Waals surface area contributed by atoms with Crippen molar-refractivity contribution in [3.05, 3.63) is 89.5 Å². The maximum Gasteiger partial charge on any atom is 0.240 e. The summed E-state index contributed by atoms with van der Waals surface area (Å²) in [7, 11) is 2.46. The number of fused-ring (bicyclic) bond motifs is 1. The van der Waals surface area contributed by atoms with Crippen molar-refractivity contribution in [1.82, 2.24) is 10.0 Å². The summed E-state index contributed by atoms with van der Waals surface area (Å²) >= 11 is 0. The van der Waals surface area contributed by atoms with E-state index in [0.717, 1.165) is 57.2 Å². The van der Waals surface area contributed by atoms with Gasteiger partial charge in [-0.15, -0.1) is 0 Å². The van der Waals surface area contributed by atoms with E-state index in [1.807, 2.05) is 6.07 Å². The largest absolute Gasteiger partial charge is 0.497 e. The fraction of sp³-hybridized carbons (Fsp3) is 0.471. The van der Waals surface area contributed by atoms with Gasteiger partial charge >= 0.3 is 0 Å². The highest BCUT2D eigenvalue weighted by Gasteiger charge is 2.31. The highest BCUT2D eigenvalue weighted by molar-refractivity contribution is 7.89. The lowest BCUT2D eigenvalue weighted by Crippen LogP contribution is -2.42. The third kappa shape index (κ3) is 7.51. The normalized spacial score (nSPS) is 22.6. The second kappa shape index (κ2) is 13.4. The van der Waals surface area contributed by atoms with Gasteiger partial charge in [0.2, 0.25) is 10.0 Å². The zero-order valence-corrected chi connectivity index (χ0v) is 25.5.